The van der Waals surface area contributed by atoms with Gasteiger partial charge in [0, 0.05) is 13.8 Å². The minimum Gasteiger partial charge on any atom is -0.478 e. The molecule has 1 aliphatic rings. The number of nitrogens with two attached hydrogens (primary N) is 1. The molecular formula is C20H23NO13. The molecule has 1 saturated heterocycles. The quantitative estimate of drug-likeness (QED) is 0.313. The van der Waals surface area contributed by atoms with E-state index in [1.54, 1.807) is 0 Å². The molecule has 1 fully saturated rings. The minimum atomic E-state index is -1.83. The fourth-order valence-corrected chi connectivity index (χ4v) is 3.09. The molecule has 14 heteroatoms. The Kier molecular flexibility index (Phi) is 8.75. The van der Waals surface area contributed by atoms with Gasteiger partial charge in [0.1, 0.15) is 17.9 Å². The van der Waals surface area contributed by atoms with Crippen molar-refractivity contribution in [1.82, 2.24) is 0 Å². The van der Waals surface area contributed by atoms with Crippen LogP contribution in [0.15, 0.2) is 18.2 Å². The average molecular weight is 485 g/mol. The molecular weight excluding hydrogens is 462 g/mol. The van der Waals surface area contributed by atoms with Gasteiger partial charge >= 0.3 is 30.0 Å². The number of aromatic carboxylic acids is 1. The molecule has 0 unspecified atom stereocenters. The Morgan fingerprint density at radius 1 is 1.06 bits per heavy atom. The molecule has 1 amide bonds. The number of carboxylic acids is 1. The Hall–Kier alpha value is -3.91. The van der Waals surface area contributed by atoms with Crippen LogP contribution in [0, 0.1) is 0 Å². The average Bonchev–Trinajstić information content (AvgIpc) is 2.75. The molecule has 1 aliphatic heterocycles. The van der Waals surface area contributed by atoms with E-state index in [9.17, 15) is 34.2 Å². The first kappa shape index (κ1) is 26.3. The number of carbonyl (C=O) groups is 5. The van der Waals surface area contributed by atoms with E-state index >= 15 is 0 Å². The zero-order chi connectivity index (χ0) is 25.6. The summed E-state index contributed by atoms with van der Waals surface area (Å²) in [6, 6.07) is 3.66. The van der Waals surface area contributed by atoms with E-state index < -0.39 is 66.2 Å². The third-order valence-corrected chi connectivity index (χ3v) is 4.45. The lowest BCUT2D eigenvalue weighted by Crippen LogP contribution is -2.63. The Morgan fingerprint density at radius 3 is 2.21 bits per heavy atom. The van der Waals surface area contributed by atoms with Crippen LogP contribution in [-0.4, -0.2) is 78.0 Å². The van der Waals surface area contributed by atoms with Gasteiger partial charge in [0.25, 0.3) is 0 Å². The number of esters is 3. The summed E-state index contributed by atoms with van der Waals surface area (Å²) in [5.74, 6) is -4.54. The van der Waals surface area contributed by atoms with Crippen LogP contribution >= 0.6 is 0 Å². The second-order valence-electron chi connectivity index (χ2n) is 6.95. The molecule has 1 aromatic carbocycles. The van der Waals surface area contributed by atoms with Crippen LogP contribution in [0.2, 0.25) is 0 Å². The van der Waals surface area contributed by atoms with Crippen molar-refractivity contribution in [3.63, 3.8) is 0 Å². The zero-order valence-corrected chi connectivity index (χ0v) is 18.3. The number of carboxylic acid groups (broad SMARTS) is 1. The van der Waals surface area contributed by atoms with Crippen LogP contribution in [0.25, 0.3) is 0 Å². The molecule has 34 heavy (non-hydrogen) atoms. The Balaban J connectivity index is 2.41. The number of aliphatic hydroxyl groups is 1. The Bertz CT molecular complexity index is 962. The smallest absolute Gasteiger partial charge is 0.404 e. The van der Waals surface area contributed by atoms with Gasteiger partial charge in [-0.15, -0.1) is 0 Å². The highest BCUT2D eigenvalue weighted by Gasteiger charge is 2.53. The largest absolute Gasteiger partial charge is 0.478 e. The molecule has 1 heterocycles. The summed E-state index contributed by atoms with van der Waals surface area (Å²) >= 11 is 0. The van der Waals surface area contributed by atoms with Crippen molar-refractivity contribution in [2.45, 2.75) is 51.2 Å². The summed E-state index contributed by atoms with van der Waals surface area (Å²) < 4.78 is 30.3. The lowest BCUT2D eigenvalue weighted by Gasteiger charge is -2.41. The maximum Gasteiger partial charge on any atom is 0.404 e. The van der Waals surface area contributed by atoms with Crippen LogP contribution in [0.1, 0.15) is 29.8 Å². The number of ether oxygens (including phenoxy) is 6. The number of rotatable bonds is 8. The number of primary amides is 1. The Morgan fingerprint density at radius 2 is 1.68 bits per heavy atom. The van der Waals surface area contributed by atoms with Gasteiger partial charge in [0.15, 0.2) is 24.4 Å². The third-order valence-electron chi connectivity index (χ3n) is 4.45. The highest BCUT2D eigenvalue weighted by Crippen LogP contribution is 2.31. The molecule has 2 rings (SSSR count). The number of amides is 1. The molecule has 0 bridgehead atoms. The second-order valence-corrected chi connectivity index (χ2v) is 6.95. The van der Waals surface area contributed by atoms with E-state index in [1.165, 1.54) is 12.1 Å². The summed E-state index contributed by atoms with van der Waals surface area (Å²) in [4.78, 5) is 57.9. The molecule has 0 radical (unpaired) electrons. The van der Waals surface area contributed by atoms with E-state index in [0.717, 1.165) is 27.0 Å². The monoisotopic (exact) mass is 485 g/mol. The number of methoxy groups -OCH3 is 1. The number of aliphatic hydroxyl groups excluding tert-OH is 1. The highest BCUT2D eigenvalue weighted by molar-refractivity contribution is 5.91. The van der Waals surface area contributed by atoms with Crippen molar-refractivity contribution in [3.05, 3.63) is 29.3 Å². The van der Waals surface area contributed by atoms with Crippen molar-refractivity contribution >= 4 is 30.0 Å². The molecule has 0 aliphatic carbocycles. The molecule has 0 spiro atoms. The van der Waals surface area contributed by atoms with Crippen LogP contribution in [-0.2, 0) is 44.7 Å². The van der Waals surface area contributed by atoms with E-state index in [2.05, 4.69) is 9.47 Å². The topological polar surface area (TPSA) is 207 Å². The van der Waals surface area contributed by atoms with E-state index in [4.69, 9.17) is 24.7 Å². The first-order valence-electron chi connectivity index (χ1n) is 9.65. The van der Waals surface area contributed by atoms with Gasteiger partial charge in [-0.2, -0.15) is 0 Å². The minimum absolute atomic E-state index is 0.258. The fourth-order valence-electron chi connectivity index (χ4n) is 3.09. The molecule has 4 N–H and O–H groups in total. The van der Waals surface area contributed by atoms with Gasteiger partial charge in [-0.1, -0.05) is 6.07 Å². The molecule has 0 aromatic heterocycles. The second kappa shape index (κ2) is 11.3. The SMILES string of the molecule is COC(=O)[C@H]1O[C@@H](Oc2ccc(COC(N)=O)cc2C(=O)O)[C@H](O)[C@@H](OC(C)=O)[C@@H]1OC(C)=O. The number of hydrogen-bond acceptors (Lipinski definition) is 12. The first-order valence-corrected chi connectivity index (χ1v) is 9.65. The van der Waals surface area contributed by atoms with Crippen LogP contribution in [0.5, 0.6) is 5.75 Å². The van der Waals surface area contributed by atoms with E-state index in [1.807, 2.05) is 0 Å². The standard InChI is InChI=1S/C20H23NO13/c1-8(22)31-14-13(24)19(34-16(18(27)29-3)15(14)32-9(2)23)33-12-5-4-10(7-30-20(21)28)6-11(12)17(25)26/h4-6,13-16,19,24H,7H2,1-3H3,(H2,21,28)(H,25,26)/t13-,14-,15+,16+,19-/m1/s1. The molecule has 5 atom stereocenters. The predicted octanol–water partition coefficient (Wildman–Crippen LogP) is -0.519. The maximum atomic E-state index is 12.3. The normalized spacial score (nSPS) is 23.8. The van der Waals surface area contributed by atoms with Crippen molar-refractivity contribution < 1.29 is 62.6 Å². The molecule has 1 aromatic rings. The fraction of sp³-hybridized carbons (Fsp3) is 0.450. The highest BCUT2D eigenvalue weighted by atomic mass is 16.7. The van der Waals surface area contributed by atoms with Crippen molar-refractivity contribution in [2.24, 2.45) is 5.73 Å². The van der Waals surface area contributed by atoms with Gasteiger partial charge in [0.05, 0.1) is 7.11 Å². The molecule has 14 nitrogen and oxygen atoms in total. The van der Waals surface area contributed by atoms with Crippen molar-refractivity contribution in [3.8, 4) is 5.75 Å². The van der Waals surface area contributed by atoms with Gasteiger partial charge in [0.2, 0.25) is 6.29 Å². The van der Waals surface area contributed by atoms with Crippen LogP contribution < -0.4 is 10.5 Å². The predicted molar refractivity (Wildman–Crippen MR) is 106 cm³/mol. The van der Waals surface area contributed by atoms with Gasteiger partial charge in [-0.3, -0.25) is 9.59 Å². The van der Waals surface area contributed by atoms with E-state index in [0.29, 0.717) is 0 Å². The number of benzene rings is 1. The van der Waals surface area contributed by atoms with Gasteiger partial charge in [-0.05, 0) is 17.7 Å². The third kappa shape index (κ3) is 6.55. The van der Waals surface area contributed by atoms with Crippen molar-refractivity contribution in [2.75, 3.05) is 7.11 Å². The van der Waals surface area contributed by atoms with Gasteiger partial charge < -0.3 is 44.4 Å². The molecule has 186 valence electrons. The summed E-state index contributed by atoms with van der Waals surface area (Å²) in [5, 5.41) is 20.3. The summed E-state index contributed by atoms with van der Waals surface area (Å²) in [6.45, 7) is 1.73. The summed E-state index contributed by atoms with van der Waals surface area (Å²) in [5.41, 5.74) is 4.74. The van der Waals surface area contributed by atoms with E-state index in [-0.39, 0.29) is 17.9 Å². The molecule has 0 saturated carbocycles. The zero-order valence-electron chi connectivity index (χ0n) is 18.3. The first-order chi connectivity index (χ1) is 15.9. The number of hydrogen-bond donors (Lipinski definition) is 3. The lowest BCUT2D eigenvalue weighted by atomic mass is 9.98. The van der Waals surface area contributed by atoms with Gasteiger partial charge in [-0.25, -0.2) is 14.4 Å². The Labute approximate surface area is 192 Å². The summed E-state index contributed by atoms with van der Waals surface area (Å²) in [6.07, 6.45) is -9.55. The lowest BCUT2D eigenvalue weighted by molar-refractivity contribution is -0.278. The van der Waals surface area contributed by atoms with Crippen LogP contribution in [0.3, 0.4) is 0 Å². The van der Waals surface area contributed by atoms with Crippen LogP contribution in [0.4, 0.5) is 4.79 Å². The number of carbonyl (C=O) groups excluding carboxylic acids is 4. The summed E-state index contributed by atoms with van der Waals surface area (Å²) in [7, 11) is 1.02. The van der Waals surface area contributed by atoms with Crippen molar-refractivity contribution in [1.29, 1.82) is 0 Å². The maximum absolute atomic E-state index is 12.3.